The van der Waals surface area contributed by atoms with E-state index in [2.05, 4.69) is 54.2 Å². The van der Waals surface area contributed by atoms with E-state index < -0.39 is 0 Å². The van der Waals surface area contributed by atoms with Crippen LogP contribution in [0.25, 0.3) is 0 Å². The molecule has 164 valence electrons. The number of rotatable bonds is 3. The smallest absolute Gasteiger partial charge is 0.0245 e. The van der Waals surface area contributed by atoms with Crippen molar-refractivity contribution in [3.05, 3.63) is 122 Å². The minimum absolute atomic E-state index is 0. The van der Waals surface area contributed by atoms with Gasteiger partial charge in [0.25, 0.3) is 0 Å². The van der Waals surface area contributed by atoms with E-state index in [1.165, 1.54) is 32.4 Å². The van der Waals surface area contributed by atoms with Crippen LogP contribution >= 0.6 is 0 Å². The Morgan fingerprint density at radius 2 is 0.968 bits per heavy atom. The molecule has 0 amide bonds. The maximum atomic E-state index is 2.75. The van der Waals surface area contributed by atoms with Crippen LogP contribution in [0.5, 0.6) is 0 Å². The average molecular weight is 493 g/mol. The molecule has 2 atom stereocenters. The Kier molecular flexibility index (Phi) is 11.9. The molecule has 1 saturated heterocycles. The zero-order chi connectivity index (χ0) is 19.7. The molecule has 0 spiro atoms. The minimum atomic E-state index is 0. The van der Waals surface area contributed by atoms with Crippen LogP contribution < -0.4 is 0 Å². The van der Waals surface area contributed by atoms with Gasteiger partial charge in [-0.05, 0) is 37.1 Å². The summed E-state index contributed by atoms with van der Waals surface area (Å²) >= 11 is 0. The number of allylic oxidation sites excluding steroid dienone is 14. The van der Waals surface area contributed by atoms with Gasteiger partial charge < -0.3 is 0 Å². The van der Waals surface area contributed by atoms with E-state index in [4.69, 9.17) is 0 Å². The average Bonchev–Trinajstić information content (AvgIpc) is 3.49. The minimum Gasteiger partial charge on any atom is -0.299 e. The van der Waals surface area contributed by atoms with Gasteiger partial charge in [-0.3, -0.25) is 4.90 Å². The van der Waals surface area contributed by atoms with E-state index >= 15 is 0 Å². The second-order valence-electron chi connectivity index (χ2n) is 8.00. The number of hydrogen-bond donors (Lipinski definition) is 0. The quantitative estimate of drug-likeness (QED) is 0.429. The fourth-order valence-electron chi connectivity index (χ4n) is 4.64. The molecular formula is C28H31Fe2N. The Hall–Kier alpha value is -1.08. The Labute approximate surface area is 210 Å². The predicted octanol–water partition coefficient (Wildman–Crippen LogP) is 6.12. The molecule has 6 rings (SSSR count). The number of likely N-dealkylation sites (tertiary alicyclic amines) is 1. The molecule has 1 saturated carbocycles. The van der Waals surface area contributed by atoms with E-state index in [9.17, 15) is 0 Å². The van der Waals surface area contributed by atoms with E-state index in [0.29, 0.717) is 0 Å². The zero-order valence-electron chi connectivity index (χ0n) is 17.8. The molecule has 4 radical (unpaired) electrons. The molecule has 2 fully saturated rings. The van der Waals surface area contributed by atoms with Crippen molar-refractivity contribution in [2.75, 3.05) is 13.1 Å². The Morgan fingerprint density at radius 3 is 1.29 bits per heavy atom. The largest absolute Gasteiger partial charge is 0.299 e. The molecule has 5 aliphatic carbocycles. The standard InChI is InChI=1S/C18H21N.2C5H5.2Fe/c1-6-12-19(13-7-1)18-16(14-8-2-3-9-14)17(18)15-10-4-5-11-15;2*1-2-4-5-3-1;;/h2-5,8-11,16-18H,1,6-7,12-13H2;2*1-5H;;. The fraction of sp³-hybridized carbons (Fsp3) is 0.286. The Bertz CT molecular complexity index is 710. The molecule has 0 aromatic carbocycles. The van der Waals surface area contributed by atoms with Crippen LogP contribution in [0.2, 0.25) is 0 Å². The van der Waals surface area contributed by atoms with Crippen LogP contribution in [0.1, 0.15) is 19.3 Å². The summed E-state index contributed by atoms with van der Waals surface area (Å²) in [6, 6.07) is 0.755. The van der Waals surface area contributed by atoms with E-state index in [-0.39, 0.29) is 34.1 Å². The first-order valence-corrected chi connectivity index (χ1v) is 11.0. The van der Waals surface area contributed by atoms with Crippen molar-refractivity contribution < 1.29 is 34.1 Å². The summed E-state index contributed by atoms with van der Waals surface area (Å²) in [4.78, 5) is 2.75. The van der Waals surface area contributed by atoms with E-state index in [0.717, 1.165) is 17.9 Å². The van der Waals surface area contributed by atoms with Crippen molar-refractivity contribution in [3.8, 4) is 0 Å². The van der Waals surface area contributed by atoms with Gasteiger partial charge in [0.1, 0.15) is 0 Å². The van der Waals surface area contributed by atoms with Gasteiger partial charge in [-0.2, -0.15) is 0 Å². The summed E-state index contributed by atoms with van der Waals surface area (Å²) in [7, 11) is 0. The van der Waals surface area contributed by atoms with Gasteiger partial charge >= 0.3 is 0 Å². The topological polar surface area (TPSA) is 3.24 Å². The molecular weight excluding hydrogens is 462 g/mol. The maximum Gasteiger partial charge on any atom is 0.0245 e. The number of nitrogens with zero attached hydrogens (tertiary/aromatic N) is 1. The van der Waals surface area contributed by atoms with Gasteiger partial charge in [0.2, 0.25) is 0 Å². The molecule has 1 aliphatic heterocycles. The summed E-state index contributed by atoms with van der Waals surface area (Å²) in [6.07, 6.45) is 42.2. The van der Waals surface area contributed by atoms with Gasteiger partial charge in [0.05, 0.1) is 0 Å². The maximum absolute atomic E-state index is 2.75. The first-order chi connectivity index (χ1) is 14.4. The molecule has 1 nitrogen and oxygen atoms in total. The molecule has 0 aromatic heterocycles. The first kappa shape index (κ1) is 26.2. The molecule has 6 aliphatic rings. The summed E-state index contributed by atoms with van der Waals surface area (Å²) < 4.78 is 0. The van der Waals surface area contributed by atoms with Crippen molar-refractivity contribution in [1.82, 2.24) is 4.90 Å². The zero-order valence-corrected chi connectivity index (χ0v) is 20.0. The second kappa shape index (κ2) is 14.1. The number of piperidine rings is 1. The van der Waals surface area contributed by atoms with Crippen molar-refractivity contribution >= 4 is 0 Å². The molecule has 31 heavy (non-hydrogen) atoms. The van der Waals surface area contributed by atoms with Crippen molar-refractivity contribution in [3.63, 3.8) is 0 Å². The van der Waals surface area contributed by atoms with Crippen LogP contribution in [0, 0.1) is 37.5 Å². The third-order valence-electron chi connectivity index (χ3n) is 6.05. The third-order valence-corrected chi connectivity index (χ3v) is 6.05. The van der Waals surface area contributed by atoms with Crippen LogP contribution in [0.15, 0.2) is 96.2 Å². The van der Waals surface area contributed by atoms with E-state index in [1.54, 1.807) is 11.1 Å². The molecule has 1 heterocycles. The van der Waals surface area contributed by atoms with Crippen LogP contribution in [-0.4, -0.2) is 24.0 Å². The SMILES string of the molecule is [CH]1C=CC(C2C(C3=C[CH]C=C3)C2N2CCCCC2)=C1.[CH]1C=CC=C1.[CH]1C=CC=C1.[Fe].[Fe]. The van der Waals surface area contributed by atoms with Crippen molar-refractivity contribution in [2.24, 2.45) is 11.8 Å². The van der Waals surface area contributed by atoms with Gasteiger partial charge in [-0.1, -0.05) is 91.5 Å². The molecule has 0 aromatic rings. The predicted molar refractivity (Wildman–Crippen MR) is 124 cm³/mol. The summed E-state index contributed by atoms with van der Waals surface area (Å²) in [5.74, 6) is 1.46. The second-order valence-corrected chi connectivity index (χ2v) is 8.00. The monoisotopic (exact) mass is 493 g/mol. The Morgan fingerprint density at radius 1 is 0.516 bits per heavy atom. The molecule has 2 unspecified atom stereocenters. The van der Waals surface area contributed by atoms with Crippen LogP contribution in [-0.2, 0) is 34.1 Å². The first-order valence-electron chi connectivity index (χ1n) is 11.0. The Balaban J connectivity index is 0.000000237. The fourth-order valence-corrected chi connectivity index (χ4v) is 4.64. The molecule has 0 N–H and O–H groups in total. The summed E-state index contributed by atoms with van der Waals surface area (Å²) in [5.41, 5.74) is 3.09. The number of hydrogen-bond acceptors (Lipinski definition) is 1. The van der Waals surface area contributed by atoms with Gasteiger partial charge in [-0.25, -0.2) is 0 Å². The van der Waals surface area contributed by atoms with Gasteiger partial charge in [-0.15, -0.1) is 0 Å². The summed E-state index contributed by atoms with van der Waals surface area (Å²) in [5, 5.41) is 0. The van der Waals surface area contributed by atoms with Gasteiger partial charge in [0.15, 0.2) is 0 Å². The molecule has 0 bridgehead atoms. The van der Waals surface area contributed by atoms with Crippen LogP contribution in [0.4, 0.5) is 0 Å². The van der Waals surface area contributed by atoms with Crippen LogP contribution in [0.3, 0.4) is 0 Å². The normalized spacial score (nSPS) is 28.7. The van der Waals surface area contributed by atoms with Crippen molar-refractivity contribution in [2.45, 2.75) is 25.3 Å². The summed E-state index contributed by atoms with van der Waals surface area (Å²) in [6.45, 7) is 2.61. The van der Waals surface area contributed by atoms with Gasteiger partial charge in [0, 0.05) is 77.7 Å². The van der Waals surface area contributed by atoms with E-state index in [1.807, 2.05) is 61.4 Å². The third kappa shape index (κ3) is 7.48. The van der Waals surface area contributed by atoms with Crippen molar-refractivity contribution in [1.29, 1.82) is 0 Å². The molecule has 3 heteroatoms.